The van der Waals surface area contributed by atoms with Crippen LogP contribution in [0.2, 0.25) is 0 Å². The second-order valence-electron chi connectivity index (χ2n) is 5.36. The van der Waals surface area contributed by atoms with Gasteiger partial charge < -0.3 is 4.90 Å². The fraction of sp³-hybridized carbons (Fsp3) is 0.500. The summed E-state index contributed by atoms with van der Waals surface area (Å²) in [5.74, 6) is 0. The molecule has 0 bridgehead atoms. The zero-order chi connectivity index (χ0) is 12.2. The lowest BCUT2D eigenvalue weighted by molar-refractivity contribution is 0.381. The molecule has 2 nitrogen and oxygen atoms in total. The minimum Gasteiger partial charge on any atom is -0.374 e. The lowest BCUT2D eigenvalue weighted by Gasteiger charge is -2.25. The SMILES string of the molecule is CN(CCC(C)(C)C)c1ccccc1C#N. The van der Waals surface area contributed by atoms with Gasteiger partial charge in [-0.25, -0.2) is 0 Å². The van der Waals surface area contributed by atoms with Crippen molar-refractivity contribution in [2.75, 3.05) is 18.5 Å². The van der Waals surface area contributed by atoms with Crippen LogP contribution >= 0.6 is 0 Å². The van der Waals surface area contributed by atoms with E-state index in [-0.39, 0.29) is 0 Å². The first kappa shape index (κ1) is 12.6. The van der Waals surface area contributed by atoms with Crippen molar-refractivity contribution >= 4 is 5.69 Å². The molecular formula is C14H20N2. The molecule has 0 aliphatic rings. The van der Waals surface area contributed by atoms with Gasteiger partial charge >= 0.3 is 0 Å². The number of nitrogens with zero attached hydrogens (tertiary/aromatic N) is 2. The molecule has 0 radical (unpaired) electrons. The summed E-state index contributed by atoms with van der Waals surface area (Å²) in [6, 6.07) is 9.98. The summed E-state index contributed by atoms with van der Waals surface area (Å²) in [6.07, 6.45) is 1.11. The van der Waals surface area contributed by atoms with Crippen LogP contribution in [0.1, 0.15) is 32.8 Å². The van der Waals surface area contributed by atoms with Gasteiger partial charge in [0.05, 0.1) is 11.3 Å². The van der Waals surface area contributed by atoms with E-state index in [0.717, 1.165) is 24.2 Å². The molecule has 86 valence electrons. The predicted molar refractivity (Wildman–Crippen MR) is 68.5 cm³/mol. The third-order valence-corrected chi connectivity index (χ3v) is 2.63. The van der Waals surface area contributed by atoms with Crippen LogP contribution in [0.5, 0.6) is 0 Å². The van der Waals surface area contributed by atoms with E-state index in [2.05, 4.69) is 31.7 Å². The quantitative estimate of drug-likeness (QED) is 0.774. The summed E-state index contributed by atoms with van der Waals surface area (Å²) >= 11 is 0. The maximum Gasteiger partial charge on any atom is 0.101 e. The molecule has 0 unspecified atom stereocenters. The van der Waals surface area contributed by atoms with Gasteiger partial charge in [-0.2, -0.15) is 5.26 Å². The molecule has 0 saturated heterocycles. The van der Waals surface area contributed by atoms with Gasteiger partial charge in [0.15, 0.2) is 0 Å². The second kappa shape index (κ2) is 5.03. The number of benzene rings is 1. The van der Waals surface area contributed by atoms with Gasteiger partial charge in [-0.1, -0.05) is 32.9 Å². The Bertz CT molecular complexity index is 382. The number of hydrogen-bond donors (Lipinski definition) is 0. The van der Waals surface area contributed by atoms with Crippen molar-refractivity contribution in [1.82, 2.24) is 0 Å². The molecular weight excluding hydrogens is 196 g/mol. The van der Waals surface area contributed by atoms with E-state index in [1.807, 2.05) is 31.3 Å². The molecule has 0 spiro atoms. The zero-order valence-corrected chi connectivity index (χ0v) is 10.6. The molecule has 1 aromatic carbocycles. The lowest BCUT2D eigenvalue weighted by atomic mass is 9.92. The molecule has 1 rings (SSSR count). The molecule has 2 heteroatoms. The molecule has 0 atom stereocenters. The molecule has 16 heavy (non-hydrogen) atoms. The van der Waals surface area contributed by atoms with E-state index in [1.54, 1.807) is 0 Å². The summed E-state index contributed by atoms with van der Waals surface area (Å²) in [4.78, 5) is 2.16. The molecule has 0 saturated carbocycles. The van der Waals surface area contributed by atoms with Crippen molar-refractivity contribution in [3.05, 3.63) is 29.8 Å². The summed E-state index contributed by atoms with van der Waals surface area (Å²) in [5.41, 5.74) is 2.10. The first-order valence-electron chi connectivity index (χ1n) is 5.64. The van der Waals surface area contributed by atoms with Gasteiger partial charge in [-0.15, -0.1) is 0 Å². The Labute approximate surface area is 98.5 Å². The van der Waals surface area contributed by atoms with Gasteiger partial charge in [-0.05, 0) is 24.0 Å². The highest BCUT2D eigenvalue weighted by molar-refractivity contribution is 5.58. The Balaban J connectivity index is 2.74. The zero-order valence-electron chi connectivity index (χ0n) is 10.6. The van der Waals surface area contributed by atoms with Crippen LogP contribution in [0, 0.1) is 16.7 Å². The molecule has 0 fully saturated rings. The molecule has 1 aromatic rings. The van der Waals surface area contributed by atoms with Crippen LogP contribution < -0.4 is 4.90 Å². The smallest absolute Gasteiger partial charge is 0.101 e. The number of para-hydroxylation sites is 1. The topological polar surface area (TPSA) is 27.0 Å². The van der Waals surface area contributed by atoms with Crippen LogP contribution in [0.4, 0.5) is 5.69 Å². The minimum absolute atomic E-state index is 0.329. The molecule has 0 N–H and O–H groups in total. The summed E-state index contributed by atoms with van der Waals surface area (Å²) in [5, 5.41) is 9.02. The normalized spacial score (nSPS) is 10.9. The van der Waals surface area contributed by atoms with Gasteiger partial charge in [0, 0.05) is 13.6 Å². The van der Waals surface area contributed by atoms with Crippen molar-refractivity contribution in [2.24, 2.45) is 5.41 Å². The van der Waals surface area contributed by atoms with E-state index in [0.29, 0.717) is 5.41 Å². The first-order chi connectivity index (χ1) is 7.44. The van der Waals surface area contributed by atoms with Gasteiger partial charge in [0.25, 0.3) is 0 Å². The molecule has 0 aliphatic carbocycles. The van der Waals surface area contributed by atoms with Crippen molar-refractivity contribution < 1.29 is 0 Å². The van der Waals surface area contributed by atoms with Crippen LogP contribution in [-0.4, -0.2) is 13.6 Å². The Morgan fingerprint density at radius 2 is 1.88 bits per heavy atom. The Kier molecular flexibility index (Phi) is 3.95. The number of nitriles is 1. The maximum atomic E-state index is 9.02. The van der Waals surface area contributed by atoms with Crippen molar-refractivity contribution in [3.63, 3.8) is 0 Å². The Morgan fingerprint density at radius 1 is 1.25 bits per heavy atom. The summed E-state index contributed by atoms with van der Waals surface area (Å²) in [6.45, 7) is 7.67. The van der Waals surface area contributed by atoms with E-state index in [1.165, 1.54) is 0 Å². The highest BCUT2D eigenvalue weighted by atomic mass is 15.1. The van der Waals surface area contributed by atoms with Crippen LogP contribution in [0.25, 0.3) is 0 Å². The number of rotatable bonds is 3. The molecule has 0 aromatic heterocycles. The van der Waals surface area contributed by atoms with E-state index < -0.39 is 0 Å². The monoisotopic (exact) mass is 216 g/mol. The summed E-state index contributed by atoms with van der Waals surface area (Å²) in [7, 11) is 2.04. The average molecular weight is 216 g/mol. The van der Waals surface area contributed by atoms with Crippen molar-refractivity contribution in [1.29, 1.82) is 5.26 Å². The number of anilines is 1. The number of hydrogen-bond acceptors (Lipinski definition) is 2. The molecule has 0 heterocycles. The standard InChI is InChI=1S/C14H20N2/c1-14(2,3)9-10-16(4)13-8-6-5-7-12(13)11-15/h5-8H,9-10H2,1-4H3. The summed E-state index contributed by atoms with van der Waals surface area (Å²) < 4.78 is 0. The van der Waals surface area contributed by atoms with E-state index >= 15 is 0 Å². The van der Waals surface area contributed by atoms with Crippen LogP contribution in [-0.2, 0) is 0 Å². The third kappa shape index (κ3) is 3.58. The first-order valence-corrected chi connectivity index (χ1v) is 5.64. The second-order valence-corrected chi connectivity index (χ2v) is 5.36. The predicted octanol–water partition coefficient (Wildman–Crippen LogP) is 3.43. The maximum absolute atomic E-state index is 9.02. The van der Waals surface area contributed by atoms with Gasteiger partial charge in [0.2, 0.25) is 0 Å². The fourth-order valence-corrected chi connectivity index (χ4v) is 1.52. The molecule has 0 aliphatic heterocycles. The fourth-order valence-electron chi connectivity index (χ4n) is 1.52. The highest BCUT2D eigenvalue weighted by Gasteiger charge is 2.13. The van der Waals surface area contributed by atoms with Crippen molar-refractivity contribution in [2.45, 2.75) is 27.2 Å². The Hall–Kier alpha value is -1.49. The van der Waals surface area contributed by atoms with Gasteiger partial charge in [0.1, 0.15) is 6.07 Å². The van der Waals surface area contributed by atoms with E-state index in [9.17, 15) is 0 Å². The van der Waals surface area contributed by atoms with Crippen LogP contribution in [0.15, 0.2) is 24.3 Å². The average Bonchev–Trinajstić information content (AvgIpc) is 2.25. The Morgan fingerprint density at radius 3 is 2.44 bits per heavy atom. The van der Waals surface area contributed by atoms with Gasteiger partial charge in [-0.3, -0.25) is 0 Å². The largest absolute Gasteiger partial charge is 0.374 e. The lowest BCUT2D eigenvalue weighted by Crippen LogP contribution is -2.23. The minimum atomic E-state index is 0.329. The van der Waals surface area contributed by atoms with Crippen LogP contribution in [0.3, 0.4) is 0 Å². The third-order valence-electron chi connectivity index (χ3n) is 2.63. The van der Waals surface area contributed by atoms with Crippen molar-refractivity contribution in [3.8, 4) is 6.07 Å². The molecule has 0 amide bonds. The van der Waals surface area contributed by atoms with E-state index in [4.69, 9.17) is 5.26 Å². The highest BCUT2D eigenvalue weighted by Crippen LogP contribution is 2.22.